The number of anilines is 1. The predicted octanol–water partition coefficient (Wildman–Crippen LogP) is 2.55. The second-order valence-electron chi connectivity index (χ2n) is 7.12. The average Bonchev–Trinajstić information content (AvgIpc) is 3.33. The van der Waals surface area contributed by atoms with Crippen LogP contribution in [0.3, 0.4) is 0 Å². The van der Waals surface area contributed by atoms with Gasteiger partial charge in [0.1, 0.15) is 11.5 Å². The first-order valence-electron chi connectivity index (χ1n) is 9.53. The van der Waals surface area contributed by atoms with Gasteiger partial charge >= 0.3 is 0 Å². The molecule has 162 valence electrons. The number of oxime groups is 1. The molecule has 9 nitrogen and oxygen atoms in total. The van der Waals surface area contributed by atoms with Crippen molar-refractivity contribution in [2.24, 2.45) is 5.16 Å². The summed E-state index contributed by atoms with van der Waals surface area (Å²) in [5.41, 5.74) is 0.147. The van der Waals surface area contributed by atoms with E-state index in [0.29, 0.717) is 40.0 Å². The molecule has 1 atom stereocenters. The van der Waals surface area contributed by atoms with Crippen molar-refractivity contribution in [3.63, 3.8) is 0 Å². The lowest BCUT2D eigenvalue weighted by Gasteiger charge is -2.19. The van der Waals surface area contributed by atoms with E-state index in [0.717, 1.165) is 4.90 Å². The number of imide groups is 1. The van der Waals surface area contributed by atoms with Crippen LogP contribution in [0.5, 0.6) is 23.0 Å². The molecule has 0 unspecified atom stereocenters. The minimum atomic E-state index is -1.38. The third-order valence-electron chi connectivity index (χ3n) is 5.41. The summed E-state index contributed by atoms with van der Waals surface area (Å²) in [7, 11) is 6.11. The Morgan fingerprint density at radius 1 is 0.871 bits per heavy atom. The normalized spacial score (nSPS) is 20.0. The summed E-state index contributed by atoms with van der Waals surface area (Å²) in [4.78, 5) is 32.7. The van der Waals surface area contributed by atoms with Crippen molar-refractivity contribution in [1.29, 1.82) is 0 Å². The molecule has 9 heteroatoms. The highest BCUT2D eigenvalue weighted by Gasteiger charge is 2.58. The molecule has 1 saturated heterocycles. The minimum absolute atomic E-state index is 0.111. The number of methoxy groups -OCH3 is 4. The highest BCUT2D eigenvalue weighted by atomic mass is 16.7. The van der Waals surface area contributed by atoms with E-state index in [9.17, 15) is 9.59 Å². The summed E-state index contributed by atoms with van der Waals surface area (Å²) in [6.07, 6.45) is 0.0105. The zero-order valence-corrected chi connectivity index (χ0v) is 17.6. The SMILES string of the molecule is COc1ccc(N2C(=O)C[C@@]3(CC(c4cc(OC)c(OC)cc4OC)=NO3)C2=O)cc1. The van der Waals surface area contributed by atoms with Crippen LogP contribution in [0, 0.1) is 0 Å². The van der Waals surface area contributed by atoms with Crippen LogP contribution in [-0.2, 0) is 14.4 Å². The fourth-order valence-electron chi connectivity index (χ4n) is 3.79. The third kappa shape index (κ3) is 3.31. The Balaban J connectivity index is 1.63. The Morgan fingerprint density at radius 3 is 2.13 bits per heavy atom. The molecule has 2 aliphatic rings. The lowest BCUT2D eigenvalue weighted by atomic mass is 9.92. The van der Waals surface area contributed by atoms with Gasteiger partial charge in [-0.1, -0.05) is 5.16 Å². The molecule has 0 aliphatic carbocycles. The van der Waals surface area contributed by atoms with Gasteiger partial charge in [0.2, 0.25) is 11.5 Å². The summed E-state index contributed by atoms with van der Waals surface area (Å²) in [6.45, 7) is 0. The van der Waals surface area contributed by atoms with E-state index in [1.54, 1.807) is 43.5 Å². The number of nitrogens with zero attached hydrogens (tertiary/aromatic N) is 2. The largest absolute Gasteiger partial charge is 0.497 e. The minimum Gasteiger partial charge on any atom is -0.497 e. The van der Waals surface area contributed by atoms with Crippen molar-refractivity contribution in [3.05, 3.63) is 42.0 Å². The molecule has 2 aromatic rings. The Bertz CT molecular complexity index is 1060. The molecule has 4 rings (SSSR count). The van der Waals surface area contributed by atoms with Gasteiger partial charge in [0.05, 0.1) is 46.3 Å². The summed E-state index contributed by atoms with van der Waals surface area (Å²) >= 11 is 0. The number of amides is 2. The molecule has 0 bridgehead atoms. The van der Waals surface area contributed by atoms with E-state index in [4.69, 9.17) is 23.8 Å². The summed E-state index contributed by atoms with van der Waals surface area (Å²) in [6, 6.07) is 10.1. The van der Waals surface area contributed by atoms with Crippen LogP contribution in [0.2, 0.25) is 0 Å². The van der Waals surface area contributed by atoms with Gasteiger partial charge in [0.15, 0.2) is 11.5 Å². The Morgan fingerprint density at radius 2 is 1.52 bits per heavy atom. The molecule has 0 N–H and O–H groups in total. The van der Waals surface area contributed by atoms with Crippen LogP contribution in [-0.4, -0.2) is 51.6 Å². The van der Waals surface area contributed by atoms with E-state index in [2.05, 4.69) is 5.16 Å². The molecule has 2 heterocycles. The van der Waals surface area contributed by atoms with E-state index >= 15 is 0 Å². The Labute approximate surface area is 179 Å². The zero-order valence-electron chi connectivity index (χ0n) is 17.6. The van der Waals surface area contributed by atoms with Crippen molar-refractivity contribution in [2.45, 2.75) is 18.4 Å². The van der Waals surface area contributed by atoms with Crippen LogP contribution in [0.15, 0.2) is 41.6 Å². The molecule has 2 amide bonds. The molecule has 2 aliphatic heterocycles. The first-order valence-corrected chi connectivity index (χ1v) is 9.53. The monoisotopic (exact) mass is 426 g/mol. The smallest absolute Gasteiger partial charge is 0.281 e. The molecule has 0 saturated carbocycles. The first-order chi connectivity index (χ1) is 15.0. The van der Waals surface area contributed by atoms with Gasteiger partial charge in [0.25, 0.3) is 5.91 Å². The molecule has 0 radical (unpaired) electrons. The van der Waals surface area contributed by atoms with Crippen molar-refractivity contribution in [1.82, 2.24) is 0 Å². The summed E-state index contributed by atoms with van der Waals surface area (Å²) in [5, 5.41) is 4.14. The second kappa shape index (κ2) is 7.82. The number of ether oxygens (including phenoxy) is 4. The van der Waals surface area contributed by atoms with E-state index in [1.165, 1.54) is 21.3 Å². The number of hydrogen-bond donors (Lipinski definition) is 0. The lowest BCUT2D eigenvalue weighted by molar-refractivity contribution is -0.136. The Hall–Kier alpha value is -3.75. The molecule has 31 heavy (non-hydrogen) atoms. The maximum Gasteiger partial charge on any atom is 0.281 e. The average molecular weight is 426 g/mol. The molecule has 1 fully saturated rings. The van der Waals surface area contributed by atoms with E-state index in [1.807, 2.05) is 0 Å². The number of rotatable bonds is 6. The number of hydrogen-bond acceptors (Lipinski definition) is 8. The van der Waals surface area contributed by atoms with Crippen molar-refractivity contribution in [3.8, 4) is 23.0 Å². The fourth-order valence-corrected chi connectivity index (χ4v) is 3.79. The standard InChI is InChI=1S/C22H22N2O7/c1-27-14-7-5-13(6-8-14)24-20(25)12-22(21(24)26)11-16(23-31-22)15-9-18(29-3)19(30-4)10-17(15)28-2/h5-10H,11-12H2,1-4H3/t22-/m0/s1. The van der Waals surface area contributed by atoms with Crippen molar-refractivity contribution >= 4 is 23.2 Å². The summed E-state index contributed by atoms with van der Waals surface area (Å²) < 4.78 is 21.3. The van der Waals surface area contributed by atoms with E-state index < -0.39 is 11.5 Å². The Kier molecular flexibility index (Phi) is 5.18. The predicted molar refractivity (Wildman–Crippen MR) is 111 cm³/mol. The van der Waals surface area contributed by atoms with Gasteiger partial charge in [-0.05, 0) is 30.3 Å². The summed E-state index contributed by atoms with van der Waals surface area (Å²) in [5.74, 6) is 1.28. The van der Waals surface area contributed by atoms with Crippen molar-refractivity contribution < 1.29 is 33.4 Å². The van der Waals surface area contributed by atoms with Gasteiger partial charge in [-0.25, -0.2) is 4.90 Å². The van der Waals surface area contributed by atoms with E-state index in [-0.39, 0.29) is 18.7 Å². The fraction of sp³-hybridized carbons (Fsp3) is 0.318. The van der Waals surface area contributed by atoms with Gasteiger partial charge < -0.3 is 23.8 Å². The van der Waals surface area contributed by atoms with Crippen molar-refractivity contribution in [2.75, 3.05) is 33.3 Å². The van der Waals surface area contributed by atoms with Gasteiger partial charge in [-0.2, -0.15) is 0 Å². The second-order valence-corrected chi connectivity index (χ2v) is 7.12. The molecular formula is C22H22N2O7. The van der Waals surface area contributed by atoms with Crippen LogP contribution in [0.1, 0.15) is 18.4 Å². The highest BCUT2D eigenvalue weighted by molar-refractivity contribution is 6.26. The zero-order chi connectivity index (χ0) is 22.2. The van der Waals surface area contributed by atoms with Gasteiger partial charge in [-0.15, -0.1) is 0 Å². The maximum atomic E-state index is 13.2. The number of carbonyl (C=O) groups is 2. The van der Waals surface area contributed by atoms with Crippen LogP contribution in [0.4, 0.5) is 5.69 Å². The van der Waals surface area contributed by atoms with Crippen LogP contribution < -0.4 is 23.8 Å². The molecular weight excluding hydrogens is 404 g/mol. The maximum absolute atomic E-state index is 13.2. The third-order valence-corrected chi connectivity index (χ3v) is 5.41. The molecule has 2 aromatic carbocycles. The van der Waals surface area contributed by atoms with Gasteiger partial charge in [0, 0.05) is 18.1 Å². The quantitative estimate of drug-likeness (QED) is 0.655. The van der Waals surface area contributed by atoms with Crippen LogP contribution >= 0.6 is 0 Å². The molecule has 1 spiro atoms. The van der Waals surface area contributed by atoms with Crippen LogP contribution in [0.25, 0.3) is 0 Å². The molecule has 0 aromatic heterocycles. The number of carbonyl (C=O) groups excluding carboxylic acids is 2. The first kappa shape index (κ1) is 20.5. The lowest BCUT2D eigenvalue weighted by Crippen LogP contribution is -2.40. The highest BCUT2D eigenvalue weighted by Crippen LogP contribution is 2.42. The number of benzene rings is 2. The van der Waals surface area contributed by atoms with Gasteiger partial charge in [-0.3, -0.25) is 9.59 Å². The topological polar surface area (TPSA) is 95.9 Å².